The van der Waals surface area contributed by atoms with Gasteiger partial charge in [-0.3, -0.25) is 4.79 Å². The van der Waals surface area contributed by atoms with E-state index in [9.17, 15) is 23.8 Å². The van der Waals surface area contributed by atoms with Crippen LogP contribution >= 0.6 is 0 Å². The van der Waals surface area contributed by atoms with Gasteiger partial charge in [-0.25, -0.2) is 8.78 Å². The van der Waals surface area contributed by atoms with Gasteiger partial charge in [-0.05, 0) is 38.0 Å². The minimum Gasteiger partial charge on any atom is -0.481 e. The lowest BCUT2D eigenvalue weighted by Crippen LogP contribution is -2.38. The highest BCUT2D eigenvalue weighted by molar-refractivity contribution is 5.72. The second kappa shape index (κ2) is 6.31. The van der Waals surface area contributed by atoms with Gasteiger partial charge in [-0.2, -0.15) is 0 Å². The van der Waals surface area contributed by atoms with E-state index in [2.05, 4.69) is 0 Å². The highest BCUT2D eigenvalue weighted by atomic mass is 19.1. The van der Waals surface area contributed by atoms with Gasteiger partial charge in [0, 0.05) is 5.56 Å². The molecule has 0 aliphatic rings. The molecule has 0 spiro atoms. The third kappa shape index (κ3) is 3.33. The molecule has 2 atom stereocenters. The van der Waals surface area contributed by atoms with Crippen LogP contribution in [0.4, 0.5) is 8.78 Å². The number of aliphatic hydroxyl groups is 1. The van der Waals surface area contributed by atoms with E-state index in [0.29, 0.717) is 6.42 Å². The second-order valence-corrected chi connectivity index (χ2v) is 5.26. The fourth-order valence-electron chi connectivity index (χ4n) is 2.28. The van der Waals surface area contributed by atoms with E-state index in [1.165, 1.54) is 13.8 Å². The first-order valence-electron chi connectivity index (χ1n) is 6.63. The van der Waals surface area contributed by atoms with Crippen LogP contribution in [-0.2, 0) is 10.4 Å². The minimum absolute atomic E-state index is 0.113. The lowest BCUT2D eigenvalue weighted by atomic mass is 9.79. The zero-order chi connectivity index (χ0) is 15.5. The van der Waals surface area contributed by atoms with Crippen LogP contribution in [0.3, 0.4) is 0 Å². The van der Waals surface area contributed by atoms with Crippen LogP contribution in [0, 0.1) is 24.5 Å². The van der Waals surface area contributed by atoms with Crippen molar-refractivity contribution in [2.75, 3.05) is 0 Å². The average Bonchev–Trinajstić information content (AvgIpc) is 2.33. The van der Waals surface area contributed by atoms with E-state index >= 15 is 0 Å². The van der Waals surface area contributed by atoms with Gasteiger partial charge in [0.2, 0.25) is 0 Å². The molecule has 20 heavy (non-hydrogen) atoms. The van der Waals surface area contributed by atoms with Crippen molar-refractivity contribution in [2.24, 2.45) is 5.92 Å². The molecule has 0 heterocycles. The number of carboxylic acid groups (broad SMARTS) is 1. The maximum Gasteiger partial charge on any atom is 0.309 e. The molecule has 0 saturated carbocycles. The molecule has 0 bridgehead atoms. The number of aliphatic carboxylic acids is 1. The molecule has 0 aromatic heterocycles. The van der Waals surface area contributed by atoms with Gasteiger partial charge in [-0.1, -0.05) is 19.8 Å². The molecule has 0 aliphatic heterocycles. The standard InChI is InChI=1S/C15H20F2O3/c1-4-5-6-10(14(18)19)15(3,20)11-8-12(16)9(2)7-13(11)17/h7-8,10,20H,4-6H2,1-3H3,(H,18,19). The zero-order valence-corrected chi connectivity index (χ0v) is 11.9. The molecule has 2 N–H and O–H groups in total. The number of aryl methyl sites for hydroxylation is 1. The predicted molar refractivity (Wildman–Crippen MR) is 71.3 cm³/mol. The molecular formula is C15H20F2O3. The van der Waals surface area contributed by atoms with Crippen LogP contribution in [0.1, 0.15) is 44.2 Å². The van der Waals surface area contributed by atoms with Crippen molar-refractivity contribution in [1.82, 2.24) is 0 Å². The highest BCUT2D eigenvalue weighted by Crippen LogP contribution is 2.35. The van der Waals surface area contributed by atoms with Crippen molar-refractivity contribution >= 4 is 5.97 Å². The van der Waals surface area contributed by atoms with Crippen molar-refractivity contribution in [1.29, 1.82) is 0 Å². The fourth-order valence-corrected chi connectivity index (χ4v) is 2.28. The Morgan fingerprint density at radius 2 is 1.95 bits per heavy atom. The first kappa shape index (κ1) is 16.6. The molecule has 2 unspecified atom stereocenters. The Labute approximate surface area is 117 Å². The first-order chi connectivity index (χ1) is 9.21. The Morgan fingerprint density at radius 1 is 1.35 bits per heavy atom. The van der Waals surface area contributed by atoms with Gasteiger partial charge in [0.05, 0.1) is 5.92 Å². The smallest absolute Gasteiger partial charge is 0.309 e. The molecule has 0 saturated heterocycles. The second-order valence-electron chi connectivity index (χ2n) is 5.26. The quantitative estimate of drug-likeness (QED) is 0.843. The summed E-state index contributed by atoms with van der Waals surface area (Å²) < 4.78 is 27.5. The van der Waals surface area contributed by atoms with Crippen LogP contribution in [0.2, 0.25) is 0 Å². The number of hydrogen-bond acceptors (Lipinski definition) is 2. The minimum atomic E-state index is -1.96. The summed E-state index contributed by atoms with van der Waals surface area (Å²) in [5.41, 5.74) is -2.16. The molecular weight excluding hydrogens is 266 g/mol. The van der Waals surface area contributed by atoms with E-state index in [1.54, 1.807) is 0 Å². The maximum absolute atomic E-state index is 14.0. The monoisotopic (exact) mass is 286 g/mol. The highest BCUT2D eigenvalue weighted by Gasteiger charge is 2.40. The number of carbonyl (C=O) groups is 1. The summed E-state index contributed by atoms with van der Waals surface area (Å²) in [4.78, 5) is 11.3. The van der Waals surface area contributed by atoms with Crippen LogP contribution in [0.15, 0.2) is 12.1 Å². The first-order valence-corrected chi connectivity index (χ1v) is 6.63. The van der Waals surface area contributed by atoms with Gasteiger partial charge in [0.15, 0.2) is 0 Å². The summed E-state index contributed by atoms with van der Waals surface area (Å²) >= 11 is 0. The molecule has 1 aromatic carbocycles. The molecule has 112 valence electrons. The van der Waals surface area contributed by atoms with Crippen LogP contribution in [0.25, 0.3) is 0 Å². The van der Waals surface area contributed by atoms with Crippen molar-refractivity contribution in [2.45, 2.75) is 45.6 Å². The summed E-state index contributed by atoms with van der Waals surface area (Å²) in [6, 6.07) is 1.85. The summed E-state index contributed by atoms with van der Waals surface area (Å²) in [7, 11) is 0. The number of benzene rings is 1. The zero-order valence-electron chi connectivity index (χ0n) is 11.9. The third-order valence-corrected chi connectivity index (χ3v) is 3.62. The van der Waals surface area contributed by atoms with E-state index in [0.717, 1.165) is 18.6 Å². The summed E-state index contributed by atoms with van der Waals surface area (Å²) in [5, 5.41) is 19.7. The number of rotatable bonds is 6. The molecule has 1 aromatic rings. The normalized spacial score (nSPS) is 15.7. The van der Waals surface area contributed by atoms with Gasteiger partial charge >= 0.3 is 5.97 Å². The Morgan fingerprint density at radius 3 is 2.45 bits per heavy atom. The van der Waals surface area contributed by atoms with Crippen LogP contribution in [0.5, 0.6) is 0 Å². The Hall–Kier alpha value is -1.49. The molecule has 3 nitrogen and oxygen atoms in total. The summed E-state index contributed by atoms with van der Waals surface area (Å²) in [6.45, 7) is 4.51. The maximum atomic E-state index is 14.0. The molecule has 0 radical (unpaired) electrons. The average molecular weight is 286 g/mol. The molecule has 1 rings (SSSR count). The van der Waals surface area contributed by atoms with Crippen molar-refractivity contribution in [3.8, 4) is 0 Å². The molecule has 0 aliphatic carbocycles. The van der Waals surface area contributed by atoms with Crippen molar-refractivity contribution in [3.63, 3.8) is 0 Å². The SMILES string of the molecule is CCCCC(C(=O)O)C(C)(O)c1cc(F)c(C)cc1F. The van der Waals surface area contributed by atoms with E-state index in [4.69, 9.17) is 0 Å². The topological polar surface area (TPSA) is 57.5 Å². The third-order valence-electron chi connectivity index (χ3n) is 3.62. The van der Waals surface area contributed by atoms with E-state index in [-0.39, 0.29) is 17.5 Å². The van der Waals surface area contributed by atoms with Crippen molar-refractivity contribution in [3.05, 3.63) is 34.9 Å². The van der Waals surface area contributed by atoms with Gasteiger partial charge in [0.1, 0.15) is 17.2 Å². The largest absolute Gasteiger partial charge is 0.481 e. The van der Waals surface area contributed by atoms with Crippen LogP contribution < -0.4 is 0 Å². The number of carboxylic acids is 1. The fraction of sp³-hybridized carbons (Fsp3) is 0.533. The molecule has 0 amide bonds. The summed E-state index contributed by atoms with van der Waals surface area (Å²) in [6.07, 6.45) is 1.54. The van der Waals surface area contributed by atoms with Crippen molar-refractivity contribution < 1.29 is 23.8 Å². The van der Waals surface area contributed by atoms with Gasteiger partial charge < -0.3 is 10.2 Å². The van der Waals surface area contributed by atoms with Gasteiger partial charge in [0.25, 0.3) is 0 Å². The molecule has 0 fully saturated rings. The number of unbranched alkanes of at least 4 members (excludes halogenated alkanes) is 1. The van der Waals surface area contributed by atoms with Gasteiger partial charge in [-0.15, -0.1) is 0 Å². The Balaban J connectivity index is 3.25. The van der Waals surface area contributed by atoms with E-state index < -0.39 is 29.1 Å². The van der Waals surface area contributed by atoms with Crippen LogP contribution in [-0.4, -0.2) is 16.2 Å². The molecule has 5 heteroatoms. The van der Waals surface area contributed by atoms with E-state index in [1.807, 2.05) is 6.92 Å². The lowest BCUT2D eigenvalue weighted by molar-refractivity contribution is -0.152. The summed E-state index contributed by atoms with van der Waals surface area (Å²) in [5.74, 6) is -3.86. The number of hydrogen-bond donors (Lipinski definition) is 2. The lowest BCUT2D eigenvalue weighted by Gasteiger charge is -2.31. The predicted octanol–water partition coefficient (Wildman–Crippen LogP) is 3.37. The Kier molecular flexibility index (Phi) is 5.22. The number of halogens is 2. The Bertz CT molecular complexity index is 498.